The van der Waals surface area contributed by atoms with E-state index in [-0.39, 0.29) is 17.5 Å². The first-order valence-corrected chi connectivity index (χ1v) is 10.0. The van der Waals surface area contributed by atoms with Gasteiger partial charge in [0.1, 0.15) is 16.9 Å². The third-order valence-electron chi connectivity index (χ3n) is 4.16. The molecule has 3 aromatic heterocycles. The number of carbonyl (C=O) groups excluding carboxylic acids is 1. The number of ether oxygens (including phenoxy) is 1. The average molecular weight is 417 g/mol. The minimum absolute atomic E-state index is 0.00121. The molecule has 3 rings (SSSR count). The fourth-order valence-corrected chi connectivity index (χ4v) is 3.61. The lowest BCUT2D eigenvalue weighted by atomic mass is 10.2. The lowest BCUT2D eigenvalue weighted by molar-refractivity contribution is 0.0903. The van der Waals surface area contributed by atoms with E-state index in [9.17, 15) is 9.59 Å². The van der Waals surface area contributed by atoms with E-state index in [2.05, 4.69) is 34.3 Å². The minimum Gasteiger partial charge on any atom is -0.383 e. The Morgan fingerprint density at radius 1 is 1.31 bits per heavy atom. The van der Waals surface area contributed by atoms with E-state index in [0.29, 0.717) is 18.0 Å². The smallest absolute Gasteiger partial charge is 0.284 e. The molecule has 0 fully saturated rings. The van der Waals surface area contributed by atoms with Crippen molar-refractivity contribution in [1.82, 2.24) is 29.9 Å². The molecule has 0 bridgehead atoms. The maximum atomic E-state index is 13.0. The average Bonchev–Trinajstić information content (AvgIpc) is 3.31. The lowest BCUT2D eigenvalue weighted by Gasteiger charge is -2.13. The summed E-state index contributed by atoms with van der Waals surface area (Å²) in [6.07, 6.45) is 4.91. The van der Waals surface area contributed by atoms with Gasteiger partial charge in [-0.1, -0.05) is 13.8 Å². The number of methoxy groups -OCH3 is 1. The standard InChI is InChI=1S/C19H24N6O3S/c1-11(2)18-20-8-16(29-18)15-6-14(17(26)22-12(3)10-28-5)19(27)25(23-15)13-7-21-24(4)9-13/h6-9,11-12H,10H2,1-5H3,(H,22,26)/t12-/m0/s1. The number of hydrogen-bond donors (Lipinski definition) is 1. The second kappa shape index (κ2) is 8.66. The molecule has 3 aromatic rings. The van der Waals surface area contributed by atoms with Crippen LogP contribution in [0.25, 0.3) is 16.3 Å². The molecule has 1 amide bonds. The molecule has 154 valence electrons. The van der Waals surface area contributed by atoms with Crippen LogP contribution in [-0.4, -0.2) is 50.2 Å². The second-order valence-corrected chi connectivity index (χ2v) is 8.14. The number of aromatic nitrogens is 5. The molecular formula is C19H24N6O3S. The first-order chi connectivity index (χ1) is 13.8. The zero-order valence-electron chi connectivity index (χ0n) is 17.0. The highest BCUT2D eigenvalue weighted by Gasteiger charge is 2.20. The topological polar surface area (TPSA) is 104 Å². The van der Waals surface area contributed by atoms with Gasteiger partial charge in [0.25, 0.3) is 11.5 Å². The largest absolute Gasteiger partial charge is 0.383 e. The number of amides is 1. The van der Waals surface area contributed by atoms with E-state index in [1.54, 1.807) is 38.2 Å². The Morgan fingerprint density at radius 3 is 2.66 bits per heavy atom. The summed E-state index contributed by atoms with van der Waals surface area (Å²) in [6.45, 7) is 6.26. The van der Waals surface area contributed by atoms with Crippen LogP contribution >= 0.6 is 11.3 Å². The Balaban J connectivity index is 2.11. The van der Waals surface area contributed by atoms with Gasteiger partial charge < -0.3 is 10.1 Å². The predicted molar refractivity (Wildman–Crippen MR) is 111 cm³/mol. The van der Waals surface area contributed by atoms with Crippen LogP contribution < -0.4 is 10.9 Å². The highest BCUT2D eigenvalue weighted by atomic mass is 32.1. The van der Waals surface area contributed by atoms with Crippen LogP contribution in [0.3, 0.4) is 0 Å². The Kier molecular flexibility index (Phi) is 6.23. The van der Waals surface area contributed by atoms with E-state index in [1.807, 2.05) is 0 Å². The number of nitrogens with zero attached hydrogens (tertiary/aromatic N) is 5. The maximum Gasteiger partial charge on any atom is 0.284 e. The minimum atomic E-state index is -0.516. The van der Waals surface area contributed by atoms with E-state index < -0.39 is 11.5 Å². The second-order valence-electron chi connectivity index (χ2n) is 7.08. The Morgan fingerprint density at radius 2 is 2.07 bits per heavy atom. The summed E-state index contributed by atoms with van der Waals surface area (Å²) < 4.78 is 7.83. The van der Waals surface area contributed by atoms with Gasteiger partial charge in [0.05, 0.1) is 28.9 Å². The Labute approximate surface area is 172 Å². The molecular weight excluding hydrogens is 392 g/mol. The highest BCUT2D eigenvalue weighted by Crippen LogP contribution is 2.28. The molecule has 0 saturated carbocycles. The molecule has 1 N–H and O–H groups in total. The summed E-state index contributed by atoms with van der Waals surface area (Å²) in [5, 5.41) is 12.3. The molecule has 0 aliphatic carbocycles. The maximum absolute atomic E-state index is 13.0. The summed E-state index contributed by atoms with van der Waals surface area (Å²) in [7, 11) is 3.30. The SMILES string of the molecule is COC[C@H](C)NC(=O)c1cc(-c2cnc(C(C)C)s2)nn(-c2cnn(C)c2)c1=O. The number of carbonyl (C=O) groups is 1. The summed E-state index contributed by atoms with van der Waals surface area (Å²) in [4.78, 5) is 31.0. The lowest BCUT2D eigenvalue weighted by Crippen LogP contribution is -2.39. The highest BCUT2D eigenvalue weighted by molar-refractivity contribution is 7.15. The van der Waals surface area contributed by atoms with Crippen molar-refractivity contribution in [1.29, 1.82) is 0 Å². The molecule has 0 aliphatic rings. The van der Waals surface area contributed by atoms with E-state index in [4.69, 9.17) is 4.74 Å². The van der Waals surface area contributed by atoms with Gasteiger partial charge in [0.15, 0.2) is 0 Å². The van der Waals surface area contributed by atoms with Gasteiger partial charge in [-0.25, -0.2) is 4.98 Å². The van der Waals surface area contributed by atoms with E-state index >= 15 is 0 Å². The normalized spacial score (nSPS) is 12.3. The summed E-state index contributed by atoms with van der Waals surface area (Å²) in [5.41, 5.74) is 0.466. The molecule has 0 aromatic carbocycles. The van der Waals surface area contributed by atoms with Crippen LogP contribution in [0.15, 0.2) is 29.5 Å². The first kappa shape index (κ1) is 20.9. The van der Waals surface area contributed by atoms with Gasteiger partial charge in [-0.2, -0.15) is 14.9 Å². The Hall–Kier alpha value is -2.85. The van der Waals surface area contributed by atoms with E-state index in [1.165, 1.54) is 28.3 Å². The van der Waals surface area contributed by atoms with Crippen molar-refractivity contribution >= 4 is 17.2 Å². The van der Waals surface area contributed by atoms with Crippen LogP contribution in [0.1, 0.15) is 42.1 Å². The van der Waals surface area contributed by atoms with Crippen LogP contribution in [-0.2, 0) is 11.8 Å². The summed E-state index contributed by atoms with van der Waals surface area (Å²) in [5.74, 6) is -0.204. The van der Waals surface area contributed by atoms with Crippen molar-refractivity contribution in [3.63, 3.8) is 0 Å². The van der Waals surface area contributed by atoms with Crippen molar-refractivity contribution in [3.05, 3.63) is 45.6 Å². The van der Waals surface area contributed by atoms with Crippen molar-refractivity contribution in [2.75, 3.05) is 13.7 Å². The van der Waals surface area contributed by atoms with Crippen molar-refractivity contribution < 1.29 is 9.53 Å². The van der Waals surface area contributed by atoms with Gasteiger partial charge >= 0.3 is 0 Å². The van der Waals surface area contributed by atoms with Crippen LogP contribution in [0.2, 0.25) is 0 Å². The van der Waals surface area contributed by atoms with Crippen molar-refractivity contribution in [2.45, 2.75) is 32.7 Å². The monoisotopic (exact) mass is 416 g/mol. The zero-order valence-corrected chi connectivity index (χ0v) is 17.9. The number of nitrogens with one attached hydrogen (secondary N) is 1. The van der Waals surface area contributed by atoms with Gasteiger partial charge in [-0.3, -0.25) is 14.3 Å². The molecule has 1 atom stereocenters. The van der Waals surface area contributed by atoms with Crippen molar-refractivity contribution in [2.24, 2.45) is 7.05 Å². The predicted octanol–water partition coefficient (Wildman–Crippen LogP) is 1.98. The first-order valence-electron chi connectivity index (χ1n) is 9.19. The molecule has 0 aliphatic heterocycles. The number of aryl methyl sites for hydroxylation is 1. The molecule has 0 radical (unpaired) electrons. The summed E-state index contributed by atoms with van der Waals surface area (Å²) in [6, 6.07) is 1.27. The van der Waals surface area contributed by atoms with Gasteiger partial charge in [-0.15, -0.1) is 11.3 Å². The Bertz CT molecular complexity index is 1070. The molecule has 0 saturated heterocycles. The van der Waals surface area contributed by atoms with Crippen molar-refractivity contribution in [3.8, 4) is 16.3 Å². The third-order valence-corrected chi connectivity index (χ3v) is 5.48. The third kappa shape index (κ3) is 4.60. The summed E-state index contributed by atoms with van der Waals surface area (Å²) >= 11 is 1.49. The molecule has 0 spiro atoms. The van der Waals surface area contributed by atoms with Gasteiger partial charge in [-0.05, 0) is 13.0 Å². The molecule has 9 nitrogen and oxygen atoms in total. The molecule has 10 heteroatoms. The fraction of sp³-hybridized carbons (Fsp3) is 0.421. The molecule has 3 heterocycles. The number of hydrogen-bond acceptors (Lipinski definition) is 7. The zero-order chi connectivity index (χ0) is 21.1. The van der Waals surface area contributed by atoms with Crippen LogP contribution in [0.4, 0.5) is 0 Å². The van der Waals surface area contributed by atoms with Crippen LogP contribution in [0, 0.1) is 0 Å². The van der Waals surface area contributed by atoms with E-state index in [0.717, 1.165) is 9.88 Å². The van der Waals surface area contributed by atoms with Gasteiger partial charge in [0, 0.05) is 32.3 Å². The van der Waals surface area contributed by atoms with Crippen LogP contribution in [0.5, 0.6) is 0 Å². The fourth-order valence-electron chi connectivity index (χ4n) is 2.74. The molecule has 0 unspecified atom stereocenters. The quantitative estimate of drug-likeness (QED) is 0.632. The molecule has 29 heavy (non-hydrogen) atoms. The number of rotatable bonds is 7. The van der Waals surface area contributed by atoms with Gasteiger partial charge in [0.2, 0.25) is 0 Å². The number of thiazole rings is 1.